The van der Waals surface area contributed by atoms with E-state index in [0.29, 0.717) is 28.8 Å². The molecule has 1 aromatic heterocycles. The van der Waals surface area contributed by atoms with Crippen molar-refractivity contribution in [3.63, 3.8) is 0 Å². The topological polar surface area (TPSA) is 34.0 Å². The fourth-order valence-electron chi connectivity index (χ4n) is 3.68. The van der Waals surface area contributed by atoms with E-state index in [1.807, 2.05) is 0 Å². The molecular weight excluding hydrogens is 384 g/mol. The number of fused-ring (bicyclic) bond motifs is 1. The minimum absolute atomic E-state index is 0.0522. The molecule has 3 rings (SSSR count). The lowest BCUT2D eigenvalue weighted by atomic mass is 9.86. The molecule has 1 fully saturated rings. The molecule has 3 nitrogen and oxygen atoms in total. The number of amides is 1. The van der Waals surface area contributed by atoms with Crippen LogP contribution in [0.1, 0.15) is 42.5 Å². The zero-order valence-electron chi connectivity index (χ0n) is 14.7. The van der Waals surface area contributed by atoms with Gasteiger partial charge in [-0.05, 0) is 30.9 Å². The fourth-order valence-corrected chi connectivity index (χ4v) is 3.96. The highest BCUT2D eigenvalue weighted by atomic mass is 35.5. The zero-order chi connectivity index (χ0) is 19.6. The molecular formula is C19H21ClF4N2O. The van der Waals surface area contributed by atoms with Gasteiger partial charge in [-0.25, -0.2) is 17.6 Å². The molecule has 0 spiro atoms. The van der Waals surface area contributed by atoms with E-state index in [1.54, 1.807) is 22.8 Å². The van der Waals surface area contributed by atoms with E-state index in [2.05, 4.69) is 5.32 Å². The Morgan fingerprint density at radius 3 is 2.85 bits per heavy atom. The van der Waals surface area contributed by atoms with Crippen molar-refractivity contribution in [3.05, 3.63) is 35.0 Å². The van der Waals surface area contributed by atoms with Gasteiger partial charge < -0.3 is 9.88 Å². The summed E-state index contributed by atoms with van der Waals surface area (Å²) >= 11 is 6.23. The Morgan fingerprint density at radius 1 is 1.37 bits per heavy atom. The third-order valence-electron chi connectivity index (χ3n) is 4.98. The van der Waals surface area contributed by atoms with Crippen LogP contribution in [0.15, 0.2) is 24.4 Å². The largest absolute Gasteiger partial charge is 0.352 e. The summed E-state index contributed by atoms with van der Waals surface area (Å²) in [4.78, 5) is 12.6. The molecule has 1 aliphatic rings. The van der Waals surface area contributed by atoms with E-state index in [9.17, 15) is 22.4 Å². The summed E-state index contributed by atoms with van der Waals surface area (Å²) in [7, 11) is 0. The third-order valence-corrected chi connectivity index (χ3v) is 5.30. The third kappa shape index (κ3) is 4.75. The van der Waals surface area contributed by atoms with Crippen LogP contribution in [0.4, 0.5) is 17.6 Å². The number of benzene rings is 1. The minimum atomic E-state index is -2.68. The van der Waals surface area contributed by atoms with Crippen LogP contribution in [0.25, 0.3) is 10.9 Å². The van der Waals surface area contributed by atoms with Crippen LogP contribution in [-0.2, 0) is 6.54 Å². The first-order valence-electron chi connectivity index (χ1n) is 8.98. The lowest BCUT2D eigenvalue weighted by molar-refractivity contribution is -0.0518. The molecule has 1 atom stereocenters. The molecule has 1 heterocycles. The van der Waals surface area contributed by atoms with Crippen LogP contribution in [0.2, 0.25) is 5.02 Å². The maximum Gasteiger partial charge on any atom is 0.253 e. The highest BCUT2D eigenvalue weighted by molar-refractivity contribution is 6.36. The number of carbonyl (C=O) groups is 1. The van der Waals surface area contributed by atoms with Gasteiger partial charge in [0.2, 0.25) is 12.3 Å². The minimum Gasteiger partial charge on any atom is -0.352 e. The van der Waals surface area contributed by atoms with Gasteiger partial charge in [0.1, 0.15) is 0 Å². The first kappa shape index (κ1) is 20.0. The molecule has 1 aromatic carbocycles. The molecule has 1 aliphatic carbocycles. The van der Waals surface area contributed by atoms with Gasteiger partial charge in [-0.1, -0.05) is 17.7 Å². The summed E-state index contributed by atoms with van der Waals surface area (Å²) in [5.41, 5.74) is 0.866. The fraction of sp³-hybridized carbons (Fsp3) is 0.526. The SMILES string of the molecule is O=C(NCC1CCCC(F)(F)C1)c1cn(CCC(F)F)c2cccc(Cl)c12. The summed E-state index contributed by atoms with van der Waals surface area (Å²) in [6.07, 6.45) is -0.543. The maximum absolute atomic E-state index is 13.5. The Hall–Kier alpha value is -1.76. The van der Waals surface area contributed by atoms with Crippen LogP contribution in [0.5, 0.6) is 0 Å². The lowest BCUT2D eigenvalue weighted by Crippen LogP contribution is -2.35. The van der Waals surface area contributed by atoms with Gasteiger partial charge in [-0.2, -0.15) is 0 Å². The normalized spacial score (nSPS) is 19.6. The van der Waals surface area contributed by atoms with Gasteiger partial charge in [-0.3, -0.25) is 4.79 Å². The van der Waals surface area contributed by atoms with Gasteiger partial charge in [0, 0.05) is 43.9 Å². The Balaban J connectivity index is 1.77. The molecule has 148 valence electrons. The second kappa shape index (κ2) is 8.09. The quantitative estimate of drug-likeness (QED) is 0.633. The van der Waals surface area contributed by atoms with Crippen LogP contribution in [-0.4, -0.2) is 29.4 Å². The number of carbonyl (C=O) groups excluding carboxylic acids is 1. The highest BCUT2D eigenvalue weighted by Gasteiger charge is 2.36. The van der Waals surface area contributed by atoms with Gasteiger partial charge in [0.15, 0.2) is 0 Å². The molecule has 0 bridgehead atoms. The molecule has 0 saturated heterocycles. The number of hydrogen-bond acceptors (Lipinski definition) is 1. The summed E-state index contributed by atoms with van der Waals surface area (Å²) in [5.74, 6) is -3.39. The highest BCUT2D eigenvalue weighted by Crippen LogP contribution is 2.36. The van der Waals surface area contributed by atoms with E-state index in [4.69, 9.17) is 11.6 Å². The van der Waals surface area contributed by atoms with Crippen molar-refractivity contribution >= 4 is 28.4 Å². The maximum atomic E-state index is 13.5. The molecule has 27 heavy (non-hydrogen) atoms. The molecule has 2 aromatic rings. The van der Waals surface area contributed by atoms with Crippen molar-refractivity contribution in [1.82, 2.24) is 9.88 Å². The van der Waals surface area contributed by atoms with Crippen LogP contribution in [0, 0.1) is 5.92 Å². The van der Waals surface area contributed by atoms with Crippen molar-refractivity contribution in [3.8, 4) is 0 Å². The Morgan fingerprint density at radius 2 is 2.15 bits per heavy atom. The van der Waals surface area contributed by atoms with E-state index >= 15 is 0 Å². The average Bonchev–Trinajstić information content (AvgIpc) is 2.97. The van der Waals surface area contributed by atoms with Crippen LogP contribution in [0.3, 0.4) is 0 Å². The molecule has 0 aliphatic heterocycles. The van der Waals surface area contributed by atoms with E-state index in [-0.39, 0.29) is 43.8 Å². The summed E-state index contributed by atoms with van der Waals surface area (Å²) in [6.45, 7) is 0.208. The van der Waals surface area contributed by atoms with Crippen molar-refractivity contribution < 1.29 is 22.4 Å². The number of aryl methyl sites for hydroxylation is 1. The zero-order valence-corrected chi connectivity index (χ0v) is 15.4. The summed E-state index contributed by atoms with van der Waals surface area (Å²) < 4.78 is 53.8. The molecule has 0 radical (unpaired) electrons. The van der Waals surface area contributed by atoms with Gasteiger partial charge in [0.05, 0.1) is 16.1 Å². The Bertz CT molecular complexity index is 821. The number of nitrogens with zero attached hydrogens (tertiary/aromatic N) is 1. The van der Waals surface area contributed by atoms with Gasteiger partial charge >= 0.3 is 0 Å². The number of nitrogens with one attached hydrogen (secondary N) is 1. The predicted molar refractivity (Wildman–Crippen MR) is 96.8 cm³/mol. The lowest BCUT2D eigenvalue weighted by Gasteiger charge is -2.28. The molecule has 1 saturated carbocycles. The Labute approximate surface area is 159 Å². The van der Waals surface area contributed by atoms with Gasteiger partial charge in [0.25, 0.3) is 5.91 Å². The second-order valence-corrected chi connectivity index (χ2v) is 7.49. The first-order chi connectivity index (χ1) is 12.8. The summed E-state index contributed by atoms with van der Waals surface area (Å²) in [6, 6.07) is 5.03. The van der Waals surface area contributed by atoms with E-state index in [0.717, 1.165) is 0 Å². The number of alkyl halides is 4. The first-order valence-corrected chi connectivity index (χ1v) is 9.36. The van der Waals surface area contributed by atoms with E-state index in [1.165, 1.54) is 6.20 Å². The Kier molecular flexibility index (Phi) is 5.99. The van der Waals surface area contributed by atoms with Crippen molar-refractivity contribution in [2.24, 2.45) is 5.92 Å². The number of halogens is 5. The standard InChI is InChI=1S/C19H21ClF4N2O/c20-14-4-1-5-15-17(14)13(11-26(15)8-6-16(21)22)18(27)25-10-12-3-2-7-19(23,24)9-12/h1,4-5,11-12,16H,2-3,6-10H2,(H,25,27). The van der Waals surface area contributed by atoms with Crippen molar-refractivity contribution in [2.75, 3.05) is 6.54 Å². The number of rotatable bonds is 6. The molecule has 1 amide bonds. The monoisotopic (exact) mass is 404 g/mol. The van der Waals surface area contributed by atoms with E-state index < -0.39 is 18.3 Å². The van der Waals surface area contributed by atoms with Crippen molar-refractivity contribution in [1.29, 1.82) is 0 Å². The average molecular weight is 405 g/mol. The van der Waals surface area contributed by atoms with Crippen LogP contribution >= 0.6 is 11.6 Å². The van der Waals surface area contributed by atoms with Gasteiger partial charge in [-0.15, -0.1) is 0 Å². The predicted octanol–water partition coefficient (Wildman–Crippen LogP) is 5.51. The molecule has 1 unspecified atom stereocenters. The summed E-state index contributed by atoms with van der Waals surface area (Å²) in [5, 5.41) is 3.54. The number of aromatic nitrogens is 1. The molecule has 1 N–H and O–H groups in total. The smallest absolute Gasteiger partial charge is 0.253 e. The second-order valence-electron chi connectivity index (χ2n) is 7.08. The molecule has 8 heteroatoms. The number of hydrogen-bond donors (Lipinski definition) is 1. The van der Waals surface area contributed by atoms with Crippen LogP contribution < -0.4 is 5.32 Å². The van der Waals surface area contributed by atoms with Crippen molar-refractivity contribution in [2.45, 2.75) is 51.0 Å².